The highest BCUT2D eigenvalue weighted by molar-refractivity contribution is 7.89. The van der Waals surface area contributed by atoms with Gasteiger partial charge in [-0.2, -0.15) is 0 Å². The first kappa shape index (κ1) is 17.6. The number of nitrogens with zero attached hydrogens (tertiary/aromatic N) is 1. The Labute approximate surface area is 125 Å². The largest absolute Gasteiger partial charge is 0.391 e. The summed E-state index contributed by atoms with van der Waals surface area (Å²) in [6.07, 6.45) is 0.768. The summed E-state index contributed by atoms with van der Waals surface area (Å²) in [5.41, 5.74) is 0. The van der Waals surface area contributed by atoms with E-state index in [9.17, 15) is 8.42 Å². The van der Waals surface area contributed by atoms with Crippen LogP contribution in [0.4, 0.5) is 0 Å². The quantitative estimate of drug-likeness (QED) is 0.713. The van der Waals surface area contributed by atoms with E-state index in [4.69, 9.17) is 5.11 Å². The number of aliphatic hydroxyl groups excluding tert-OH is 1. The number of sulfonamides is 1. The van der Waals surface area contributed by atoms with E-state index in [0.717, 1.165) is 13.0 Å². The molecule has 1 aromatic rings. The Kier molecular flexibility index (Phi) is 6.60. The molecule has 0 unspecified atom stereocenters. The van der Waals surface area contributed by atoms with Crippen molar-refractivity contribution in [2.45, 2.75) is 44.7 Å². The molecule has 0 amide bonds. The van der Waals surface area contributed by atoms with Crippen LogP contribution in [-0.2, 0) is 16.6 Å². The Bertz CT molecular complexity index is 524. The van der Waals surface area contributed by atoms with Crippen molar-refractivity contribution in [1.82, 2.24) is 9.62 Å². The highest BCUT2D eigenvalue weighted by Gasteiger charge is 2.19. The fourth-order valence-electron chi connectivity index (χ4n) is 1.74. The zero-order chi connectivity index (χ0) is 15.3. The molecule has 0 aliphatic rings. The summed E-state index contributed by atoms with van der Waals surface area (Å²) in [4.78, 5) is 3.83. The van der Waals surface area contributed by atoms with Gasteiger partial charge in [0.25, 0.3) is 0 Å². The van der Waals surface area contributed by atoms with Gasteiger partial charge in [-0.05, 0) is 46.9 Å². The summed E-state index contributed by atoms with van der Waals surface area (Å²) in [6.45, 7) is 7.11. The second-order valence-corrected chi connectivity index (χ2v) is 8.19. The number of hydrogen-bond donors (Lipinski definition) is 2. The summed E-state index contributed by atoms with van der Waals surface area (Å²) in [5, 5.41) is 9.06. The summed E-state index contributed by atoms with van der Waals surface area (Å²) >= 11 is 1.31. The molecule has 116 valence electrons. The van der Waals surface area contributed by atoms with Gasteiger partial charge < -0.3 is 10.0 Å². The first-order chi connectivity index (χ1) is 9.27. The standard InChI is InChI=1S/C13H24N2O3S2/c1-10(2)15(4)7-5-6-14-20(17,18)13-8-12(9-16)19-11(13)3/h8,10,14,16H,5-7,9H2,1-4H3. The topological polar surface area (TPSA) is 69.6 Å². The first-order valence-electron chi connectivity index (χ1n) is 6.68. The van der Waals surface area contributed by atoms with E-state index in [2.05, 4.69) is 23.5 Å². The van der Waals surface area contributed by atoms with Crippen LogP contribution in [0.2, 0.25) is 0 Å². The Morgan fingerprint density at radius 3 is 2.60 bits per heavy atom. The van der Waals surface area contributed by atoms with E-state index in [1.165, 1.54) is 11.3 Å². The maximum Gasteiger partial charge on any atom is 0.241 e. The van der Waals surface area contributed by atoms with Crippen molar-refractivity contribution in [3.05, 3.63) is 15.8 Å². The molecule has 0 spiro atoms. The van der Waals surface area contributed by atoms with Crippen LogP contribution in [0.25, 0.3) is 0 Å². The fourth-order valence-corrected chi connectivity index (χ4v) is 4.31. The average Bonchev–Trinajstić information content (AvgIpc) is 2.76. The van der Waals surface area contributed by atoms with Crippen LogP contribution in [0.5, 0.6) is 0 Å². The lowest BCUT2D eigenvalue weighted by Gasteiger charge is -2.20. The van der Waals surface area contributed by atoms with Crippen LogP contribution < -0.4 is 4.72 Å². The smallest absolute Gasteiger partial charge is 0.241 e. The molecule has 0 aromatic carbocycles. The Morgan fingerprint density at radius 2 is 2.10 bits per heavy atom. The van der Waals surface area contributed by atoms with Crippen LogP contribution in [0.15, 0.2) is 11.0 Å². The molecule has 2 N–H and O–H groups in total. The van der Waals surface area contributed by atoms with E-state index in [-0.39, 0.29) is 11.5 Å². The molecule has 0 saturated heterocycles. The lowest BCUT2D eigenvalue weighted by Crippen LogP contribution is -2.31. The van der Waals surface area contributed by atoms with Crippen LogP contribution in [-0.4, -0.2) is 44.6 Å². The minimum atomic E-state index is -3.47. The molecule has 20 heavy (non-hydrogen) atoms. The van der Waals surface area contributed by atoms with Gasteiger partial charge in [0.1, 0.15) is 0 Å². The highest BCUT2D eigenvalue weighted by Crippen LogP contribution is 2.25. The summed E-state index contributed by atoms with van der Waals surface area (Å²) in [5.74, 6) is 0. The fraction of sp³-hybridized carbons (Fsp3) is 0.692. The van der Waals surface area contributed by atoms with Crippen molar-refractivity contribution >= 4 is 21.4 Å². The number of thiophene rings is 1. The van der Waals surface area contributed by atoms with Crippen molar-refractivity contribution in [2.75, 3.05) is 20.1 Å². The van der Waals surface area contributed by atoms with Crippen molar-refractivity contribution in [3.63, 3.8) is 0 Å². The average molecular weight is 320 g/mol. The molecule has 0 bridgehead atoms. The highest BCUT2D eigenvalue weighted by atomic mass is 32.2. The van der Waals surface area contributed by atoms with Crippen molar-refractivity contribution in [1.29, 1.82) is 0 Å². The zero-order valence-corrected chi connectivity index (χ0v) is 14.1. The zero-order valence-electron chi connectivity index (χ0n) is 12.5. The Hall–Kier alpha value is -0.470. The van der Waals surface area contributed by atoms with E-state index < -0.39 is 10.0 Å². The van der Waals surface area contributed by atoms with Crippen molar-refractivity contribution < 1.29 is 13.5 Å². The second-order valence-electron chi connectivity index (χ2n) is 5.12. The number of nitrogens with one attached hydrogen (secondary N) is 1. The van der Waals surface area contributed by atoms with E-state index >= 15 is 0 Å². The summed E-state index contributed by atoms with van der Waals surface area (Å²) < 4.78 is 26.9. The van der Waals surface area contributed by atoms with Crippen molar-refractivity contribution in [3.8, 4) is 0 Å². The predicted molar refractivity (Wildman–Crippen MR) is 82.6 cm³/mol. The summed E-state index contributed by atoms with van der Waals surface area (Å²) in [6, 6.07) is 2.00. The molecule has 5 nitrogen and oxygen atoms in total. The van der Waals surface area contributed by atoms with Gasteiger partial charge in [0.15, 0.2) is 0 Å². The van der Waals surface area contributed by atoms with Crippen LogP contribution in [0.1, 0.15) is 30.0 Å². The third kappa shape index (κ3) is 4.82. The van der Waals surface area contributed by atoms with Crippen LogP contribution >= 0.6 is 11.3 Å². The van der Waals surface area contributed by atoms with Gasteiger partial charge in [-0.1, -0.05) is 0 Å². The maximum absolute atomic E-state index is 12.2. The van der Waals surface area contributed by atoms with Gasteiger partial charge in [0.2, 0.25) is 10.0 Å². The molecule has 1 aromatic heterocycles. The Morgan fingerprint density at radius 1 is 1.45 bits per heavy atom. The number of hydrogen-bond acceptors (Lipinski definition) is 5. The third-order valence-corrected chi connectivity index (χ3v) is 5.98. The van der Waals surface area contributed by atoms with Gasteiger partial charge in [0, 0.05) is 22.3 Å². The maximum atomic E-state index is 12.2. The monoisotopic (exact) mass is 320 g/mol. The van der Waals surface area contributed by atoms with Crippen LogP contribution in [0.3, 0.4) is 0 Å². The molecule has 0 aliphatic heterocycles. The third-order valence-electron chi connectivity index (χ3n) is 3.23. The van der Waals surface area contributed by atoms with E-state index in [1.807, 2.05) is 7.05 Å². The minimum Gasteiger partial charge on any atom is -0.391 e. The van der Waals surface area contributed by atoms with E-state index in [0.29, 0.717) is 22.3 Å². The van der Waals surface area contributed by atoms with Gasteiger partial charge in [-0.15, -0.1) is 11.3 Å². The molecule has 0 aliphatic carbocycles. The van der Waals surface area contributed by atoms with Gasteiger partial charge in [-0.25, -0.2) is 13.1 Å². The molecular weight excluding hydrogens is 296 g/mol. The van der Waals surface area contributed by atoms with Crippen molar-refractivity contribution in [2.24, 2.45) is 0 Å². The molecular formula is C13H24N2O3S2. The SMILES string of the molecule is Cc1sc(CO)cc1S(=O)(=O)NCCCN(C)C(C)C. The van der Waals surface area contributed by atoms with Crippen LogP contribution in [0, 0.1) is 6.92 Å². The number of aliphatic hydroxyl groups is 1. The summed E-state index contributed by atoms with van der Waals surface area (Å²) in [7, 11) is -1.44. The minimum absolute atomic E-state index is 0.125. The molecule has 7 heteroatoms. The molecule has 0 fully saturated rings. The lowest BCUT2D eigenvalue weighted by atomic mass is 10.3. The Balaban J connectivity index is 2.55. The molecule has 0 atom stereocenters. The van der Waals surface area contributed by atoms with E-state index in [1.54, 1.807) is 13.0 Å². The first-order valence-corrected chi connectivity index (χ1v) is 8.98. The lowest BCUT2D eigenvalue weighted by molar-refractivity contribution is 0.271. The molecule has 1 rings (SSSR count). The molecule has 1 heterocycles. The van der Waals surface area contributed by atoms with Gasteiger partial charge >= 0.3 is 0 Å². The molecule has 0 saturated carbocycles. The van der Waals surface area contributed by atoms with Gasteiger partial charge in [-0.3, -0.25) is 0 Å². The number of rotatable bonds is 8. The molecule has 0 radical (unpaired) electrons. The normalized spacial score (nSPS) is 12.6. The van der Waals surface area contributed by atoms with Gasteiger partial charge in [0.05, 0.1) is 11.5 Å². The predicted octanol–water partition coefficient (Wildman–Crippen LogP) is 1.56. The number of aryl methyl sites for hydroxylation is 1. The second kappa shape index (κ2) is 7.51.